The molecule has 0 aromatic heterocycles. The summed E-state index contributed by atoms with van der Waals surface area (Å²) in [5, 5.41) is 0. The zero-order valence-corrected chi connectivity index (χ0v) is 12.7. The van der Waals surface area contributed by atoms with Crippen LogP contribution in [-0.2, 0) is 14.3 Å². The summed E-state index contributed by atoms with van der Waals surface area (Å²) in [6, 6.07) is 0. The zero-order chi connectivity index (χ0) is 14.5. The lowest BCUT2D eigenvalue weighted by molar-refractivity contribution is -0.158. The van der Waals surface area contributed by atoms with E-state index < -0.39 is 5.60 Å². The third kappa shape index (κ3) is 4.85. The second kappa shape index (κ2) is 6.40. The normalized spacial score (nSPS) is 20.1. The van der Waals surface area contributed by atoms with E-state index in [0.717, 1.165) is 26.3 Å². The highest BCUT2D eigenvalue weighted by atomic mass is 16.6. The number of carbonyl (C=O) groups is 1. The van der Waals surface area contributed by atoms with Crippen molar-refractivity contribution in [3.8, 4) is 11.8 Å². The van der Waals surface area contributed by atoms with Crippen LogP contribution in [0, 0.1) is 17.3 Å². The van der Waals surface area contributed by atoms with Crippen LogP contribution < -0.4 is 0 Å². The molecule has 0 N–H and O–H groups in total. The highest BCUT2D eigenvalue weighted by Gasteiger charge is 2.39. The minimum absolute atomic E-state index is 0.226. The molecule has 0 saturated carbocycles. The van der Waals surface area contributed by atoms with Gasteiger partial charge in [0.2, 0.25) is 0 Å². The molecule has 1 rings (SSSR count). The number of hydrogen-bond acceptors (Lipinski definition) is 4. The van der Waals surface area contributed by atoms with Crippen molar-refractivity contribution in [2.45, 2.75) is 40.2 Å². The van der Waals surface area contributed by atoms with E-state index in [2.05, 4.69) is 16.7 Å². The van der Waals surface area contributed by atoms with E-state index >= 15 is 0 Å². The Hall–Kier alpha value is -1.05. The first kappa shape index (κ1) is 16.0. The summed E-state index contributed by atoms with van der Waals surface area (Å²) < 4.78 is 10.7. The van der Waals surface area contributed by atoms with Gasteiger partial charge in [-0.25, -0.2) is 0 Å². The number of esters is 1. The molecule has 0 radical (unpaired) electrons. The fourth-order valence-electron chi connectivity index (χ4n) is 1.73. The van der Waals surface area contributed by atoms with Gasteiger partial charge in [-0.2, -0.15) is 0 Å². The van der Waals surface area contributed by atoms with Crippen LogP contribution in [0.1, 0.15) is 34.6 Å². The predicted molar refractivity (Wildman–Crippen MR) is 74.7 cm³/mol. The van der Waals surface area contributed by atoms with Gasteiger partial charge in [0.25, 0.3) is 0 Å². The highest BCUT2D eigenvalue weighted by Crippen LogP contribution is 2.33. The van der Waals surface area contributed by atoms with Gasteiger partial charge in [-0.15, -0.1) is 0 Å². The van der Waals surface area contributed by atoms with Gasteiger partial charge in [0.1, 0.15) is 0 Å². The first-order valence-electron chi connectivity index (χ1n) is 6.74. The van der Waals surface area contributed by atoms with Crippen molar-refractivity contribution in [1.29, 1.82) is 0 Å². The van der Waals surface area contributed by atoms with Crippen LogP contribution in [0.15, 0.2) is 0 Å². The van der Waals surface area contributed by atoms with Crippen LogP contribution in [0.5, 0.6) is 0 Å². The molecular weight excluding hydrogens is 242 g/mol. The summed E-state index contributed by atoms with van der Waals surface area (Å²) in [4.78, 5) is 13.5. The monoisotopic (exact) mass is 267 g/mol. The second-order valence-electron chi connectivity index (χ2n) is 6.07. The molecule has 4 heteroatoms. The first-order valence-corrected chi connectivity index (χ1v) is 6.74. The third-order valence-electron chi connectivity index (χ3n) is 3.51. The van der Waals surface area contributed by atoms with E-state index in [9.17, 15) is 4.79 Å². The van der Waals surface area contributed by atoms with Gasteiger partial charge in [0, 0.05) is 25.4 Å². The van der Waals surface area contributed by atoms with Crippen LogP contribution >= 0.6 is 0 Å². The molecule has 0 amide bonds. The van der Waals surface area contributed by atoms with Crippen LogP contribution in [0.3, 0.4) is 0 Å². The quantitative estimate of drug-likeness (QED) is 0.564. The largest absolute Gasteiger partial charge is 0.446 e. The molecule has 1 heterocycles. The van der Waals surface area contributed by atoms with Gasteiger partial charge in [-0.05, 0) is 6.92 Å². The molecular formula is C15H25NO3. The minimum atomic E-state index is -0.759. The molecule has 1 atom stereocenters. The summed E-state index contributed by atoms with van der Waals surface area (Å²) >= 11 is 0. The SMILES string of the molecule is CC(=O)O[C@@](C)(C#CCN1CCOCC1)C(C)(C)C. The zero-order valence-electron chi connectivity index (χ0n) is 12.7. The van der Waals surface area contributed by atoms with Crippen molar-refractivity contribution in [1.82, 2.24) is 4.90 Å². The molecule has 108 valence electrons. The summed E-state index contributed by atoms with van der Waals surface area (Å²) in [5.41, 5.74) is -0.984. The molecule has 0 unspecified atom stereocenters. The Bertz CT molecular complexity index is 369. The maximum absolute atomic E-state index is 11.3. The maximum atomic E-state index is 11.3. The average molecular weight is 267 g/mol. The summed E-state index contributed by atoms with van der Waals surface area (Å²) in [6.45, 7) is 13.4. The van der Waals surface area contributed by atoms with Crippen LogP contribution in [-0.4, -0.2) is 49.3 Å². The molecule has 1 aliphatic rings. The molecule has 0 aliphatic carbocycles. The third-order valence-corrected chi connectivity index (χ3v) is 3.51. The first-order chi connectivity index (χ1) is 8.74. The van der Waals surface area contributed by atoms with Crippen molar-refractivity contribution < 1.29 is 14.3 Å². The molecule has 1 saturated heterocycles. The van der Waals surface area contributed by atoms with E-state index in [4.69, 9.17) is 9.47 Å². The van der Waals surface area contributed by atoms with Gasteiger partial charge in [-0.3, -0.25) is 9.69 Å². The van der Waals surface area contributed by atoms with Gasteiger partial charge < -0.3 is 9.47 Å². The van der Waals surface area contributed by atoms with E-state index in [1.54, 1.807) is 0 Å². The Morgan fingerprint density at radius 2 is 1.84 bits per heavy atom. The van der Waals surface area contributed by atoms with Gasteiger partial charge in [0.05, 0.1) is 19.8 Å². The topological polar surface area (TPSA) is 38.8 Å². The summed E-state index contributed by atoms with van der Waals surface area (Å²) in [7, 11) is 0. The molecule has 1 fully saturated rings. The van der Waals surface area contributed by atoms with Gasteiger partial charge in [-0.1, -0.05) is 32.6 Å². The fraction of sp³-hybridized carbons (Fsp3) is 0.800. The van der Waals surface area contributed by atoms with Crippen molar-refractivity contribution in [3.63, 3.8) is 0 Å². The van der Waals surface area contributed by atoms with Gasteiger partial charge in [0.15, 0.2) is 5.60 Å². The average Bonchev–Trinajstić information content (AvgIpc) is 2.28. The van der Waals surface area contributed by atoms with Crippen molar-refractivity contribution >= 4 is 5.97 Å². The lowest BCUT2D eigenvalue weighted by Crippen LogP contribution is -2.43. The lowest BCUT2D eigenvalue weighted by atomic mass is 9.78. The Labute approximate surface area is 116 Å². The number of carbonyl (C=O) groups excluding carboxylic acids is 1. The van der Waals surface area contributed by atoms with Crippen molar-refractivity contribution in [3.05, 3.63) is 0 Å². The Morgan fingerprint density at radius 3 is 2.32 bits per heavy atom. The number of nitrogens with zero attached hydrogens (tertiary/aromatic N) is 1. The van der Waals surface area contributed by atoms with Gasteiger partial charge >= 0.3 is 5.97 Å². The molecule has 0 aromatic rings. The van der Waals surface area contributed by atoms with Crippen LogP contribution in [0.4, 0.5) is 0 Å². The Morgan fingerprint density at radius 1 is 1.26 bits per heavy atom. The van der Waals surface area contributed by atoms with Crippen LogP contribution in [0.2, 0.25) is 0 Å². The van der Waals surface area contributed by atoms with Crippen molar-refractivity contribution in [2.24, 2.45) is 5.41 Å². The predicted octanol–water partition coefficient (Wildman–Crippen LogP) is 1.69. The van der Waals surface area contributed by atoms with Crippen molar-refractivity contribution in [2.75, 3.05) is 32.8 Å². The van der Waals surface area contributed by atoms with E-state index in [-0.39, 0.29) is 11.4 Å². The fourth-order valence-corrected chi connectivity index (χ4v) is 1.73. The summed E-state index contributed by atoms with van der Waals surface area (Å²) in [6.07, 6.45) is 0. The molecule has 19 heavy (non-hydrogen) atoms. The van der Waals surface area contributed by atoms with Crippen LogP contribution in [0.25, 0.3) is 0 Å². The summed E-state index contributed by atoms with van der Waals surface area (Å²) in [5.74, 6) is 6.00. The molecule has 1 aliphatic heterocycles. The number of hydrogen-bond donors (Lipinski definition) is 0. The molecule has 4 nitrogen and oxygen atoms in total. The second-order valence-corrected chi connectivity index (χ2v) is 6.07. The number of ether oxygens (including phenoxy) is 2. The Kier molecular flexibility index (Phi) is 5.39. The van der Waals surface area contributed by atoms with E-state index in [0.29, 0.717) is 6.54 Å². The number of morpholine rings is 1. The maximum Gasteiger partial charge on any atom is 0.304 e. The highest BCUT2D eigenvalue weighted by molar-refractivity contribution is 5.67. The lowest BCUT2D eigenvalue weighted by Gasteiger charge is -2.36. The molecule has 0 spiro atoms. The standard InChI is InChI=1S/C15H25NO3/c1-13(17)19-15(5,14(2,3)4)7-6-8-16-9-11-18-12-10-16/h8-12H2,1-5H3/t15-/m0/s1. The smallest absolute Gasteiger partial charge is 0.304 e. The Balaban J connectivity index is 2.69. The van der Waals surface area contributed by atoms with E-state index in [1.165, 1.54) is 6.92 Å². The molecule has 0 bridgehead atoms. The van der Waals surface area contributed by atoms with E-state index in [1.807, 2.05) is 27.7 Å². The minimum Gasteiger partial charge on any atom is -0.446 e. The number of rotatable bonds is 2. The molecule has 0 aromatic carbocycles.